The van der Waals surface area contributed by atoms with Gasteiger partial charge in [-0.25, -0.2) is 0 Å². The highest BCUT2D eigenvalue weighted by Crippen LogP contribution is 2.43. The molecule has 1 heteroatoms. The largest absolute Gasteiger partial charge is 0.456 e. The van der Waals surface area contributed by atoms with Crippen LogP contribution < -0.4 is 4.74 Å². The molecule has 1 aliphatic carbocycles. The lowest BCUT2D eigenvalue weighted by Gasteiger charge is -2.14. The average Bonchev–Trinajstić information content (AvgIpc) is 2.62. The van der Waals surface area contributed by atoms with Crippen molar-refractivity contribution in [2.24, 2.45) is 0 Å². The van der Waals surface area contributed by atoms with Gasteiger partial charge in [-0.05, 0) is 36.1 Å². The van der Waals surface area contributed by atoms with E-state index >= 15 is 0 Å². The van der Waals surface area contributed by atoms with Gasteiger partial charge in [-0.1, -0.05) is 48.5 Å². The molecule has 0 saturated heterocycles. The van der Waals surface area contributed by atoms with Crippen LogP contribution in [0.25, 0.3) is 16.7 Å². The first-order chi connectivity index (χ1) is 9.43. The van der Waals surface area contributed by atoms with E-state index < -0.39 is 0 Å². The number of para-hydroxylation sites is 1. The van der Waals surface area contributed by atoms with Crippen molar-refractivity contribution in [3.63, 3.8) is 0 Å². The van der Waals surface area contributed by atoms with Crippen molar-refractivity contribution >= 4 is 5.57 Å². The van der Waals surface area contributed by atoms with Gasteiger partial charge >= 0.3 is 0 Å². The second-order valence-corrected chi connectivity index (χ2v) is 4.93. The number of rotatable bonds is 0. The summed E-state index contributed by atoms with van der Waals surface area (Å²) >= 11 is 0. The third-order valence-electron chi connectivity index (χ3n) is 3.78. The van der Waals surface area contributed by atoms with Gasteiger partial charge in [0.2, 0.25) is 0 Å². The van der Waals surface area contributed by atoms with Gasteiger partial charge in [-0.3, -0.25) is 0 Å². The van der Waals surface area contributed by atoms with Crippen LogP contribution in [0.5, 0.6) is 5.75 Å². The molecule has 1 aliphatic heterocycles. The number of fused-ring (bicyclic) bond motifs is 4. The summed E-state index contributed by atoms with van der Waals surface area (Å²) in [5, 5.41) is 0. The minimum Gasteiger partial charge on any atom is -0.456 e. The Labute approximate surface area is 112 Å². The second-order valence-electron chi connectivity index (χ2n) is 4.93. The maximum atomic E-state index is 6.14. The first-order valence-corrected chi connectivity index (χ1v) is 6.70. The van der Waals surface area contributed by atoms with Crippen molar-refractivity contribution in [2.75, 3.05) is 0 Å². The van der Waals surface area contributed by atoms with E-state index in [2.05, 4.69) is 48.6 Å². The van der Waals surface area contributed by atoms with Crippen LogP contribution in [0.1, 0.15) is 18.4 Å². The lowest BCUT2D eigenvalue weighted by Crippen LogP contribution is -1.99. The minimum absolute atomic E-state index is 0.950. The first-order valence-electron chi connectivity index (χ1n) is 6.70. The van der Waals surface area contributed by atoms with Crippen LogP contribution in [0.15, 0.2) is 66.4 Å². The lowest BCUT2D eigenvalue weighted by molar-refractivity contribution is 0.446. The summed E-state index contributed by atoms with van der Waals surface area (Å²) in [5.41, 5.74) is 5.10. The summed E-state index contributed by atoms with van der Waals surface area (Å²) in [4.78, 5) is 0. The smallest absolute Gasteiger partial charge is 0.135 e. The van der Waals surface area contributed by atoms with Crippen molar-refractivity contribution in [3.05, 3.63) is 72.0 Å². The molecule has 0 saturated carbocycles. The minimum atomic E-state index is 0.950. The predicted molar refractivity (Wildman–Crippen MR) is 77.8 cm³/mol. The summed E-state index contributed by atoms with van der Waals surface area (Å²) in [6, 6.07) is 16.9. The third kappa shape index (κ3) is 1.62. The van der Waals surface area contributed by atoms with Crippen molar-refractivity contribution < 1.29 is 4.74 Å². The lowest BCUT2D eigenvalue weighted by atomic mass is 9.90. The average molecular weight is 246 g/mol. The van der Waals surface area contributed by atoms with E-state index in [0.29, 0.717) is 0 Å². The highest BCUT2D eigenvalue weighted by Gasteiger charge is 2.22. The van der Waals surface area contributed by atoms with Crippen LogP contribution in [0, 0.1) is 0 Å². The molecule has 0 aromatic heterocycles. The number of benzene rings is 2. The van der Waals surface area contributed by atoms with Crippen LogP contribution in [0.4, 0.5) is 0 Å². The molecule has 2 aromatic carbocycles. The molecule has 0 radical (unpaired) electrons. The van der Waals surface area contributed by atoms with E-state index in [0.717, 1.165) is 24.4 Å². The van der Waals surface area contributed by atoms with E-state index in [1.807, 2.05) is 12.1 Å². The fourth-order valence-electron chi connectivity index (χ4n) is 2.88. The summed E-state index contributed by atoms with van der Waals surface area (Å²) in [6.07, 6.45) is 6.44. The van der Waals surface area contributed by atoms with Crippen LogP contribution in [-0.2, 0) is 0 Å². The predicted octanol–water partition coefficient (Wildman–Crippen LogP) is 4.81. The number of ether oxygens (including phenoxy) is 1. The quantitative estimate of drug-likeness (QED) is 0.648. The zero-order valence-corrected chi connectivity index (χ0v) is 10.6. The Hall–Kier alpha value is -2.28. The Morgan fingerprint density at radius 1 is 0.789 bits per heavy atom. The molecule has 0 bridgehead atoms. The highest BCUT2D eigenvalue weighted by atomic mass is 16.5. The van der Waals surface area contributed by atoms with Crippen LogP contribution in [-0.4, -0.2) is 0 Å². The molecule has 2 aliphatic rings. The van der Waals surface area contributed by atoms with E-state index in [4.69, 9.17) is 4.74 Å². The number of hydrogen-bond acceptors (Lipinski definition) is 1. The summed E-state index contributed by atoms with van der Waals surface area (Å²) in [6.45, 7) is 0. The molecular weight excluding hydrogens is 232 g/mol. The zero-order chi connectivity index (χ0) is 12.7. The Morgan fingerprint density at radius 2 is 1.53 bits per heavy atom. The first kappa shape index (κ1) is 10.6. The molecule has 1 heterocycles. The van der Waals surface area contributed by atoms with Crippen molar-refractivity contribution in [3.8, 4) is 16.9 Å². The standard InChI is InChI=1S/C18H14O/c1-2-8-14-13(7-1)15-9-3-5-11-17(15)19-18-12-6-4-10-16(14)18/h1-3,5-9,11-12H,4,10H2. The SMILES string of the molecule is C1=CC2=C(CC1)c1ccccc1-c1ccccc1O2. The van der Waals surface area contributed by atoms with E-state index in [-0.39, 0.29) is 0 Å². The van der Waals surface area contributed by atoms with Crippen molar-refractivity contribution in [2.45, 2.75) is 12.8 Å². The van der Waals surface area contributed by atoms with Gasteiger partial charge in [0.05, 0.1) is 0 Å². The van der Waals surface area contributed by atoms with Gasteiger partial charge in [0, 0.05) is 11.1 Å². The Morgan fingerprint density at radius 3 is 2.42 bits per heavy atom. The zero-order valence-electron chi connectivity index (χ0n) is 10.6. The summed E-state index contributed by atoms with van der Waals surface area (Å²) < 4.78 is 6.14. The third-order valence-corrected chi connectivity index (χ3v) is 3.78. The van der Waals surface area contributed by atoms with Gasteiger partial charge in [0.25, 0.3) is 0 Å². The van der Waals surface area contributed by atoms with E-state index in [9.17, 15) is 0 Å². The van der Waals surface area contributed by atoms with Crippen LogP contribution >= 0.6 is 0 Å². The maximum Gasteiger partial charge on any atom is 0.135 e. The molecule has 0 N–H and O–H groups in total. The molecule has 0 atom stereocenters. The van der Waals surface area contributed by atoms with Gasteiger partial charge in [-0.15, -0.1) is 0 Å². The second kappa shape index (κ2) is 4.13. The molecule has 0 fully saturated rings. The molecular formula is C18H14O. The summed E-state index contributed by atoms with van der Waals surface area (Å²) in [5.74, 6) is 1.95. The van der Waals surface area contributed by atoms with Crippen molar-refractivity contribution in [1.29, 1.82) is 0 Å². The highest BCUT2D eigenvalue weighted by molar-refractivity contribution is 5.87. The molecule has 4 rings (SSSR count). The van der Waals surface area contributed by atoms with Gasteiger partial charge in [0.1, 0.15) is 11.5 Å². The Kier molecular flexibility index (Phi) is 2.31. The fraction of sp³-hybridized carbons (Fsp3) is 0.111. The Bertz CT molecular complexity index is 707. The van der Waals surface area contributed by atoms with Crippen molar-refractivity contribution in [1.82, 2.24) is 0 Å². The van der Waals surface area contributed by atoms with Gasteiger partial charge in [-0.2, -0.15) is 0 Å². The topological polar surface area (TPSA) is 9.23 Å². The monoisotopic (exact) mass is 246 g/mol. The molecule has 0 unspecified atom stereocenters. The summed E-state index contributed by atoms with van der Waals surface area (Å²) in [7, 11) is 0. The normalized spacial score (nSPS) is 16.0. The van der Waals surface area contributed by atoms with Gasteiger partial charge < -0.3 is 4.74 Å². The fourth-order valence-corrected chi connectivity index (χ4v) is 2.88. The van der Waals surface area contributed by atoms with Crippen LogP contribution in [0.2, 0.25) is 0 Å². The molecule has 92 valence electrons. The molecule has 19 heavy (non-hydrogen) atoms. The number of hydrogen-bond donors (Lipinski definition) is 0. The Balaban J connectivity index is 2.06. The van der Waals surface area contributed by atoms with Gasteiger partial charge in [0.15, 0.2) is 0 Å². The van der Waals surface area contributed by atoms with E-state index in [1.165, 1.54) is 22.3 Å². The molecule has 0 amide bonds. The maximum absolute atomic E-state index is 6.14. The molecule has 1 nitrogen and oxygen atoms in total. The van der Waals surface area contributed by atoms with Crippen LogP contribution in [0.3, 0.4) is 0 Å². The molecule has 2 aromatic rings. The van der Waals surface area contributed by atoms with E-state index in [1.54, 1.807) is 0 Å². The number of allylic oxidation sites excluding steroid dienone is 3. The molecule has 0 spiro atoms.